The standard InChI is InChI=1S/C19H26N4O2/c1-14-4-3-5-16-18(14)21-13-23(19(16)25)11-8-17(24)22-9-6-15(7-10-22)12-20-2/h3-5,13,15,20H,6-12H2,1-2H3. The molecule has 1 aromatic heterocycles. The number of para-hydroxylation sites is 1. The van der Waals surface area contributed by atoms with Crippen molar-refractivity contribution >= 4 is 16.8 Å². The molecule has 0 aliphatic carbocycles. The van der Waals surface area contributed by atoms with Gasteiger partial charge in [0.1, 0.15) is 0 Å². The monoisotopic (exact) mass is 342 g/mol. The van der Waals surface area contributed by atoms with Crippen molar-refractivity contribution in [2.24, 2.45) is 5.92 Å². The molecule has 1 saturated heterocycles. The summed E-state index contributed by atoms with van der Waals surface area (Å²) in [4.78, 5) is 31.3. The summed E-state index contributed by atoms with van der Waals surface area (Å²) in [5.41, 5.74) is 1.65. The van der Waals surface area contributed by atoms with Gasteiger partial charge >= 0.3 is 0 Å². The first-order valence-corrected chi connectivity index (χ1v) is 8.97. The van der Waals surface area contributed by atoms with E-state index in [1.54, 1.807) is 17.0 Å². The Balaban J connectivity index is 1.62. The van der Waals surface area contributed by atoms with Gasteiger partial charge in [-0.1, -0.05) is 12.1 Å². The number of rotatable bonds is 5. The van der Waals surface area contributed by atoms with Crippen LogP contribution in [0.1, 0.15) is 24.8 Å². The lowest BCUT2D eigenvalue weighted by Gasteiger charge is -2.32. The summed E-state index contributed by atoms with van der Waals surface area (Å²) in [5.74, 6) is 0.781. The SMILES string of the molecule is CNCC1CCN(C(=O)CCn2cnc3c(C)cccc3c2=O)CC1. The van der Waals surface area contributed by atoms with E-state index in [1.165, 1.54) is 0 Å². The van der Waals surface area contributed by atoms with Gasteiger partial charge in [0, 0.05) is 26.1 Å². The molecule has 134 valence electrons. The van der Waals surface area contributed by atoms with Gasteiger partial charge in [-0.25, -0.2) is 4.98 Å². The number of aryl methyl sites for hydroxylation is 2. The Morgan fingerprint density at radius 2 is 2.08 bits per heavy atom. The lowest BCUT2D eigenvalue weighted by atomic mass is 9.96. The van der Waals surface area contributed by atoms with Crippen molar-refractivity contribution in [2.75, 3.05) is 26.7 Å². The number of likely N-dealkylation sites (tertiary alicyclic amines) is 1. The Bertz CT molecular complexity index is 807. The smallest absolute Gasteiger partial charge is 0.261 e. The van der Waals surface area contributed by atoms with E-state index in [9.17, 15) is 9.59 Å². The zero-order valence-corrected chi connectivity index (χ0v) is 15.0. The molecule has 1 fully saturated rings. The molecule has 0 atom stereocenters. The molecule has 6 heteroatoms. The van der Waals surface area contributed by atoms with Gasteiger partial charge in [0.15, 0.2) is 0 Å². The van der Waals surface area contributed by atoms with E-state index in [0.29, 0.717) is 24.3 Å². The molecule has 3 rings (SSSR count). The molecule has 0 bridgehead atoms. The Labute approximate surface area is 147 Å². The summed E-state index contributed by atoms with van der Waals surface area (Å²) in [6.07, 6.45) is 3.99. The maximum atomic E-state index is 12.6. The third-order valence-corrected chi connectivity index (χ3v) is 5.08. The van der Waals surface area contributed by atoms with E-state index in [4.69, 9.17) is 0 Å². The van der Waals surface area contributed by atoms with Crippen molar-refractivity contribution in [3.8, 4) is 0 Å². The van der Waals surface area contributed by atoms with E-state index in [0.717, 1.165) is 43.6 Å². The summed E-state index contributed by atoms with van der Waals surface area (Å²) in [7, 11) is 1.97. The highest BCUT2D eigenvalue weighted by Gasteiger charge is 2.22. The fourth-order valence-electron chi connectivity index (χ4n) is 3.55. The summed E-state index contributed by atoms with van der Waals surface area (Å²) < 4.78 is 1.55. The van der Waals surface area contributed by atoms with Gasteiger partial charge in [-0.3, -0.25) is 14.2 Å². The summed E-state index contributed by atoms with van der Waals surface area (Å²) in [5, 5.41) is 3.82. The second-order valence-corrected chi connectivity index (χ2v) is 6.85. The number of hydrogen-bond donors (Lipinski definition) is 1. The van der Waals surface area contributed by atoms with Gasteiger partial charge < -0.3 is 10.2 Å². The molecule has 6 nitrogen and oxygen atoms in total. The lowest BCUT2D eigenvalue weighted by Crippen LogP contribution is -2.41. The van der Waals surface area contributed by atoms with Crippen LogP contribution in [0.3, 0.4) is 0 Å². The van der Waals surface area contributed by atoms with Crippen LogP contribution in [-0.4, -0.2) is 47.0 Å². The number of amides is 1. The first-order chi connectivity index (χ1) is 12.1. The fraction of sp³-hybridized carbons (Fsp3) is 0.526. The average molecular weight is 342 g/mol. The molecular formula is C19H26N4O2. The largest absolute Gasteiger partial charge is 0.343 e. The molecule has 0 unspecified atom stereocenters. The molecule has 2 heterocycles. The van der Waals surface area contributed by atoms with Gasteiger partial charge in [0.2, 0.25) is 5.91 Å². The van der Waals surface area contributed by atoms with E-state index >= 15 is 0 Å². The van der Waals surface area contributed by atoms with Crippen LogP contribution in [0, 0.1) is 12.8 Å². The minimum atomic E-state index is -0.0748. The number of hydrogen-bond acceptors (Lipinski definition) is 4. The number of fused-ring (bicyclic) bond motifs is 1. The van der Waals surface area contributed by atoms with Crippen LogP contribution in [-0.2, 0) is 11.3 Å². The zero-order chi connectivity index (χ0) is 17.8. The van der Waals surface area contributed by atoms with Crippen molar-refractivity contribution in [2.45, 2.75) is 32.7 Å². The number of piperidine rings is 1. The lowest BCUT2D eigenvalue weighted by molar-refractivity contribution is -0.132. The van der Waals surface area contributed by atoms with Gasteiger partial charge in [0.05, 0.1) is 17.2 Å². The van der Waals surface area contributed by atoms with Gasteiger partial charge in [-0.15, -0.1) is 0 Å². The van der Waals surface area contributed by atoms with E-state index < -0.39 is 0 Å². The third kappa shape index (κ3) is 3.90. The Kier molecular flexibility index (Phi) is 5.48. The molecule has 2 aromatic rings. The van der Waals surface area contributed by atoms with Crippen molar-refractivity contribution in [3.63, 3.8) is 0 Å². The predicted molar refractivity (Wildman–Crippen MR) is 98.6 cm³/mol. The molecule has 1 N–H and O–H groups in total. The minimum Gasteiger partial charge on any atom is -0.343 e. The molecule has 1 aliphatic rings. The normalized spacial score (nSPS) is 15.7. The summed E-state index contributed by atoms with van der Waals surface area (Å²) in [6, 6.07) is 5.61. The quantitative estimate of drug-likeness (QED) is 0.895. The molecule has 0 radical (unpaired) electrons. The zero-order valence-electron chi connectivity index (χ0n) is 15.0. The average Bonchev–Trinajstić information content (AvgIpc) is 2.62. The fourth-order valence-corrected chi connectivity index (χ4v) is 3.55. The highest BCUT2D eigenvalue weighted by Crippen LogP contribution is 2.17. The van der Waals surface area contributed by atoms with Crippen LogP contribution in [0.4, 0.5) is 0 Å². The van der Waals surface area contributed by atoms with E-state index in [1.807, 2.05) is 31.0 Å². The van der Waals surface area contributed by atoms with Crippen molar-refractivity contribution in [3.05, 3.63) is 40.4 Å². The van der Waals surface area contributed by atoms with Crippen molar-refractivity contribution < 1.29 is 4.79 Å². The first kappa shape index (κ1) is 17.6. The number of nitrogens with zero attached hydrogens (tertiary/aromatic N) is 3. The van der Waals surface area contributed by atoms with Gasteiger partial charge in [0.25, 0.3) is 5.56 Å². The number of carbonyl (C=O) groups excluding carboxylic acids is 1. The predicted octanol–water partition coefficient (Wildman–Crippen LogP) is 1.55. The van der Waals surface area contributed by atoms with Crippen molar-refractivity contribution in [1.29, 1.82) is 0 Å². The van der Waals surface area contributed by atoms with E-state index in [2.05, 4.69) is 10.3 Å². The maximum absolute atomic E-state index is 12.6. The van der Waals surface area contributed by atoms with Gasteiger partial charge in [-0.05, 0) is 50.9 Å². The van der Waals surface area contributed by atoms with Crippen LogP contribution in [0.15, 0.2) is 29.3 Å². The molecular weight excluding hydrogens is 316 g/mol. The molecule has 1 aliphatic heterocycles. The maximum Gasteiger partial charge on any atom is 0.261 e. The molecule has 0 spiro atoms. The highest BCUT2D eigenvalue weighted by atomic mass is 16.2. The Morgan fingerprint density at radius 3 is 2.80 bits per heavy atom. The number of nitrogens with one attached hydrogen (secondary N) is 1. The first-order valence-electron chi connectivity index (χ1n) is 8.97. The Hall–Kier alpha value is -2.21. The van der Waals surface area contributed by atoms with Crippen LogP contribution in [0.2, 0.25) is 0 Å². The van der Waals surface area contributed by atoms with E-state index in [-0.39, 0.29) is 11.5 Å². The number of aromatic nitrogens is 2. The van der Waals surface area contributed by atoms with Gasteiger partial charge in [-0.2, -0.15) is 0 Å². The second-order valence-electron chi connectivity index (χ2n) is 6.85. The minimum absolute atomic E-state index is 0.0748. The van der Waals surface area contributed by atoms with Crippen molar-refractivity contribution in [1.82, 2.24) is 19.8 Å². The van der Waals surface area contributed by atoms with Crippen LogP contribution in [0.5, 0.6) is 0 Å². The van der Waals surface area contributed by atoms with Crippen LogP contribution >= 0.6 is 0 Å². The molecule has 25 heavy (non-hydrogen) atoms. The number of carbonyl (C=O) groups is 1. The highest BCUT2D eigenvalue weighted by molar-refractivity contribution is 5.80. The molecule has 1 amide bonds. The third-order valence-electron chi connectivity index (χ3n) is 5.08. The molecule has 0 saturated carbocycles. The molecule has 1 aromatic carbocycles. The van der Waals surface area contributed by atoms with Crippen LogP contribution < -0.4 is 10.9 Å². The summed E-state index contributed by atoms with van der Waals surface area (Å²) >= 11 is 0. The summed E-state index contributed by atoms with van der Waals surface area (Å²) in [6.45, 7) is 4.97. The second kappa shape index (κ2) is 7.78. The number of benzene rings is 1. The topological polar surface area (TPSA) is 67.2 Å². The van der Waals surface area contributed by atoms with Crippen LogP contribution in [0.25, 0.3) is 10.9 Å². The Morgan fingerprint density at radius 1 is 1.32 bits per heavy atom.